The van der Waals surface area contributed by atoms with Gasteiger partial charge >= 0.3 is 0 Å². The van der Waals surface area contributed by atoms with Gasteiger partial charge in [0.05, 0.1) is 14.2 Å². The molecule has 0 radical (unpaired) electrons. The van der Waals surface area contributed by atoms with Crippen LogP contribution in [0, 0.1) is 0 Å². The van der Waals surface area contributed by atoms with Crippen LogP contribution in [0.3, 0.4) is 0 Å². The minimum absolute atomic E-state index is 0.105. The highest BCUT2D eigenvalue weighted by Crippen LogP contribution is 2.43. The zero-order valence-electron chi connectivity index (χ0n) is 19.3. The number of ether oxygens (including phenoxy) is 2. The van der Waals surface area contributed by atoms with Crippen molar-refractivity contribution in [3.05, 3.63) is 100 Å². The van der Waals surface area contributed by atoms with Crippen LogP contribution in [0.25, 0.3) is 6.08 Å². The summed E-state index contributed by atoms with van der Waals surface area (Å²) < 4.78 is 10.5. The fourth-order valence-corrected chi connectivity index (χ4v) is 4.58. The van der Waals surface area contributed by atoms with E-state index in [0.29, 0.717) is 17.9 Å². The maximum atomic E-state index is 11.9. The first-order valence-corrected chi connectivity index (χ1v) is 11.0. The van der Waals surface area contributed by atoms with Gasteiger partial charge in [-0.15, -0.1) is 0 Å². The Morgan fingerprint density at radius 2 is 1.53 bits per heavy atom. The molecule has 2 aliphatic carbocycles. The molecule has 0 heterocycles. The van der Waals surface area contributed by atoms with Crippen LogP contribution < -0.4 is 9.47 Å². The molecule has 0 atom stereocenters. The molecule has 0 aromatic heterocycles. The first-order chi connectivity index (χ1) is 15.4. The van der Waals surface area contributed by atoms with Gasteiger partial charge in [0.15, 0.2) is 17.3 Å². The Kier molecular flexibility index (Phi) is 6.18. The summed E-state index contributed by atoms with van der Waals surface area (Å²) in [4.78, 5) is 11.9. The SMILES string of the molecule is C1=C(Cc2ccccc2)Cc2ccccc21.COc1cc2c(cc1OC)C(C)(C)CC2=O. The van der Waals surface area contributed by atoms with Crippen LogP contribution in [-0.4, -0.2) is 20.0 Å². The van der Waals surface area contributed by atoms with Crippen LogP contribution in [0.5, 0.6) is 11.5 Å². The van der Waals surface area contributed by atoms with Gasteiger partial charge in [-0.2, -0.15) is 0 Å². The Morgan fingerprint density at radius 3 is 2.22 bits per heavy atom. The third-order valence-electron chi connectivity index (χ3n) is 6.26. The van der Waals surface area contributed by atoms with E-state index in [-0.39, 0.29) is 11.2 Å². The summed E-state index contributed by atoms with van der Waals surface area (Å²) in [5, 5.41) is 0. The van der Waals surface area contributed by atoms with Gasteiger partial charge in [-0.25, -0.2) is 0 Å². The number of benzene rings is 3. The highest BCUT2D eigenvalue weighted by Gasteiger charge is 2.37. The van der Waals surface area contributed by atoms with Crippen LogP contribution in [-0.2, 0) is 18.3 Å². The third kappa shape index (κ3) is 4.47. The van der Waals surface area contributed by atoms with Crippen LogP contribution in [0.2, 0.25) is 0 Å². The van der Waals surface area contributed by atoms with E-state index in [1.165, 1.54) is 22.3 Å². The Hall–Kier alpha value is -3.33. The van der Waals surface area contributed by atoms with Crippen molar-refractivity contribution in [1.29, 1.82) is 0 Å². The third-order valence-corrected chi connectivity index (χ3v) is 6.26. The van der Waals surface area contributed by atoms with Crippen molar-refractivity contribution < 1.29 is 14.3 Å². The second-order valence-corrected chi connectivity index (χ2v) is 9.08. The average Bonchev–Trinajstić information content (AvgIpc) is 3.30. The summed E-state index contributed by atoms with van der Waals surface area (Å²) in [5.41, 5.74) is 7.50. The summed E-state index contributed by atoms with van der Waals surface area (Å²) in [7, 11) is 3.18. The van der Waals surface area contributed by atoms with Gasteiger partial charge in [-0.1, -0.05) is 80.1 Å². The van der Waals surface area contributed by atoms with Crippen LogP contribution in [0.1, 0.15) is 52.9 Å². The van der Waals surface area contributed by atoms with E-state index in [4.69, 9.17) is 9.47 Å². The molecule has 0 fully saturated rings. The molecule has 5 rings (SSSR count). The monoisotopic (exact) mass is 426 g/mol. The molecule has 3 nitrogen and oxygen atoms in total. The maximum absolute atomic E-state index is 11.9. The number of allylic oxidation sites excluding steroid dienone is 1. The van der Waals surface area contributed by atoms with E-state index in [0.717, 1.165) is 24.0 Å². The highest BCUT2D eigenvalue weighted by molar-refractivity contribution is 6.02. The van der Waals surface area contributed by atoms with E-state index in [1.54, 1.807) is 20.3 Å². The molecule has 2 aliphatic rings. The van der Waals surface area contributed by atoms with Gasteiger partial charge in [0.1, 0.15) is 0 Å². The van der Waals surface area contributed by atoms with Crippen molar-refractivity contribution in [2.45, 2.75) is 38.5 Å². The van der Waals surface area contributed by atoms with Gasteiger partial charge in [0, 0.05) is 12.0 Å². The number of methoxy groups -OCH3 is 2. The summed E-state index contributed by atoms with van der Waals surface area (Å²) in [5.74, 6) is 1.48. The van der Waals surface area contributed by atoms with Gasteiger partial charge in [0.25, 0.3) is 0 Å². The molecule has 3 aromatic rings. The van der Waals surface area contributed by atoms with E-state index >= 15 is 0 Å². The molecule has 3 heteroatoms. The number of ketones is 1. The summed E-state index contributed by atoms with van der Waals surface area (Å²) in [6.07, 6.45) is 5.08. The molecular formula is C29H30O3. The standard InChI is InChI=1S/C16H14.C13H16O3/c1-2-6-13(7-3-1)10-14-11-15-8-4-5-9-16(15)12-14;1-13(2)7-10(14)8-5-11(15-3)12(16-4)6-9(8)13/h1-9,11H,10,12H2;5-6H,7H2,1-4H3. The molecule has 0 aliphatic heterocycles. The Labute approximate surface area is 190 Å². The van der Waals surface area contributed by atoms with E-state index < -0.39 is 0 Å². The van der Waals surface area contributed by atoms with E-state index in [1.807, 2.05) is 6.07 Å². The molecule has 0 saturated heterocycles. The van der Waals surface area contributed by atoms with Crippen molar-refractivity contribution in [3.8, 4) is 11.5 Å². The topological polar surface area (TPSA) is 35.5 Å². The van der Waals surface area contributed by atoms with Crippen molar-refractivity contribution in [1.82, 2.24) is 0 Å². The molecule has 0 unspecified atom stereocenters. The van der Waals surface area contributed by atoms with Crippen LogP contribution in [0.15, 0.2) is 72.3 Å². The zero-order valence-corrected chi connectivity index (χ0v) is 19.3. The number of carbonyl (C=O) groups is 1. The lowest BCUT2D eigenvalue weighted by atomic mass is 9.86. The second-order valence-electron chi connectivity index (χ2n) is 9.08. The van der Waals surface area contributed by atoms with E-state index in [9.17, 15) is 4.79 Å². The van der Waals surface area contributed by atoms with Gasteiger partial charge < -0.3 is 9.47 Å². The number of rotatable bonds is 4. The molecule has 32 heavy (non-hydrogen) atoms. The lowest BCUT2D eigenvalue weighted by Crippen LogP contribution is -2.12. The predicted octanol–water partition coefficient (Wildman–Crippen LogP) is 6.44. The normalized spacial score (nSPS) is 15.2. The summed E-state index contributed by atoms with van der Waals surface area (Å²) >= 11 is 0. The smallest absolute Gasteiger partial charge is 0.164 e. The van der Waals surface area contributed by atoms with Gasteiger partial charge in [0.2, 0.25) is 0 Å². The fourth-order valence-electron chi connectivity index (χ4n) is 4.58. The Balaban J connectivity index is 0.000000153. The first kappa shape index (κ1) is 21.9. The maximum Gasteiger partial charge on any atom is 0.164 e. The van der Waals surface area contributed by atoms with Crippen molar-refractivity contribution >= 4 is 11.9 Å². The zero-order chi connectivity index (χ0) is 22.7. The predicted molar refractivity (Wildman–Crippen MR) is 130 cm³/mol. The lowest BCUT2D eigenvalue weighted by Gasteiger charge is -2.19. The van der Waals surface area contributed by atoms with Crippen molar-refractivity contribution in [3.63, 3.8) is 0 Å². The molecular weight excluding hydrogens is 396 g/mol. The Bertz CT molecular complexity index is 1160. The number of hydrogen-bond acceptors (Lipinski definition) is 3. The molecule has 3 aromatic carbocycles. The minimum atomic E-state index is -0.105. The van der Waals surface area contributed by atoms with Crippen LogP contribution in [0.4, 0.5) is 0 Å². The molecule has 0 N–H and O–H groups in total. The first-order valence-electron chi connectivity index (χ1n) is 11.0. The summed E-state index contributed by atoms with van der Waals surface area (Å²) in [6.45, 7) is 4.14. The van der Waals surface area contributed by atoms with E-state index in [2.05, 4.69) is 74.5 Å². The second kappa shape index (κ2) is 9.04. The molecule has 0 bridgehead atoms. The molecule has 0 spiro atoms. The number of fused-ring (bicyclic) bond motifs is 2. The minimum Gasteiger partial charge on any atom is -0.493 e. The molecule has 0 saturated carbocycles. The summed E-state index contributed by atoms with van der Waals surface area (Å²) in [6, 6.07) is 23.0. The average molecular weight is 427 g/mol. The lowest BCUT2D eigenvalue weighted by molar-refractivity contribution is 0.0979. The number of carbonyl (C=O) groups excluding carboxylic acids is 1. The van der Waals surface area contributed by atoms with Gasteiger partial charge in [-0.3, -0.25) is 4.79 Å². The van der Waals surface area contributed by atoms with Gasteiger partial charge in [-0.05, 0) is 52.6 Å². The fraction of sp³-hybridized carbons (Fsp3) is 0.276. The van der Waals surface area contributed by atoms with Crippen molar-refractivity contribution in [2.24, 2.45) is 0 Å². The number of Topliss-reactive ketones (excluding diaryl/α,β-unsaturated/α-hetero) is 1. The quantitative estimate of drug-likeness (QED) is 0.482. The molecule has 164 valence electrons. The van der Waals surface area contributed by atoms with Crippen molar-refractivity contribution in [2.75, 3.05) is 14.2 Å². The van der Waals surface area contributed by atoms with Crippen LogP contribution >= 0.6 is 0 Å². The Morgan fingerprint density at radius 1 is 0.875 bits per heavy atom. The largest absolute Gasteiger partial charge is 0.493 e. The molecule has 0 amide bonds. The highest BCUT2D eigenvalue weighted by atomic mass is 16.5. The number of hydrogen-bond donors (Lipinski definition) is 0.